The molecule has 0 bridgehead atoms. The normalized spacial score (nSPS) is 17.4. The molecule has 2 rings (SSSR count). The van der Waals surface area contributed by atoms with Crippen LogP contribution < -0.4 is 5.32 Å². The Morgan fingerprint density at radius 1 is 1.25 bits per heavy atom. The summed E-state index contributed by atoms with van der Waals surface area (Å²) >= 11 is 0. The first kappa shape index (κ1) is 18.9. The lowest BCUT2D eigenvalue weighted by Gasteiger charge is -2.26. The zero-order chi connectivity index (χ0) is 17.6. The van der Waals surface area contributed by atoms with Gasteiger partial charge in [-0.3, -0.25) is 4.79 Å². The summed E-state index contributed by atoms with van der Waals surface area (Å²) < 4.78 is 32.3. The van der Waals surface area contributed by atoms with Gasteiger partial charge in [-0.25, -0.2) is 8.42 Å². The minimum absolute atomic E-state index is 0.0864. The van der Waals surface area contributed by atoms with Crippen LogP contribution in [0.3, 0.4) is 0 Å². The van der Waals surface area contributed by atoms with E-state index in [9.17, 15) is 13.2 Å². The third-order valence-electron chi connectivity index (χ3n) is 4.20. The van der Waals surface area contributed by atoms with Crippen molar-refractivity contribution in [2.75, 3.05) is 26.8 Å². The van der Waals surface area contributed by atoms with E-state index in [1.165, 1.54) is 10.4 Å². The maximum Gasteiger partial charge on any atom is 0.252 e. The quantitative estimate of drug-likeness (QED) is 0.813. The predicted molar refractivity (Wildman–Crippen MR) is 92.5 cm³/mol. The van der Waals surface area contributed by atoms with Gasteiger partial charge in [-0.05, 0) is 38.3 Å². The van der Waals surface area contributed by atoms with Gasteiger partial charge in [0.05, 0.1) is 10.5 Å². The Hall–Kier alpha value is -1.44. The number of ether oxygens (including phenoxy) is 1. The van der Waals surface area contributed by atoms with Crippen molar-refractivity contribution in [3.63, 3.8) is 0 Å². The second-order valence-electron chi connectivity index (χ2n) is 6.12. The Morgan fingerprint density at radius 2 is 1.92 bits per heavy atom. The van der Waals surface area contributed by atoms with Crippen LogP contribution in [-0.2, 0) is 14.8 Å². The van der Waals surface area contributed by atoms with Crippen LogP contribution in [0, 0.1) is 0 Å². The molecule has 134 valence electrons. The highest BCUT2D eigenvalue weighted by atomic mass is 32.2. The number of sulfonamides is 1. The van der Waals surface area contributed by atoms with Gasteiger partial charge in [0.2, 0.25) is 10.0 Å². The van der Waals surface area contributed by atoms with Crippen LogP contribution in [0.15, 0.2) is 29.2 Å². The molecule has 1 atom stereocenters. The van der Waals surface area contributed by atoms with Gasteiger partial charge in [0.1, 0.15) is 0 Å². The summed E-state index contributed by atoms with van der Waals surface area (Å²) in [5, 5.41) is 2.84. The molecule has 1 aliphatic rings. The number of hydrogen-bond donors (Lipinski definition) is 1. The van der Waals surface area contributed by atoms with Crippen molar-refractivity contribution >= 4 is 15.9 Å². The lowest BCUT2D eigenvalue weighted by Crippen LogP contribution is -2.38. The van der Waals surface area contributed by atoms with E-state index in [-0.39, 0.29) is 22.4 Å². The topological polar surface area (TPSA) is 75.7 Å². The van der Waals surface area contributed by atoms with Gasteiger partial charge < -0.3 is 10.1 Å². The summed E-state index contributed by atoms with van der Waals surface area (Å²) in [5.41, 5.74) is 0.201. The molecule has 1 saturated heterocycles. The van der Waals surface area contributed by atoms with Crippen molar-refractivity contribution in [3.8, 4) is 0 Å². The average molecular weight is 354 g/mol. The SMILES string of the molecule is COCCC(C)NC(=O)c1ccccc1S(=O)(=O)N1CCCCC1. The van der Waals surface area contributed by atoms with Crippen molar-refractivity contribution in [2.45, 2.75) is 43.5 Å². The minimum atomic E-state index is -3.64. The van der Waals surface area contributed by atoms with Gasteiger partial charge in [0.25, 0.3) is 5.91 Å². The molecule has 1 aromatic rings. The van der Waals surface area contributed by atoms with Gasteiger partial charge in [-0.2, -0.15) is 4.31 Å². The monoisotopic (exact) mass is 354 g/mol. The molecule has 1 amide bonds. The Bertz CT molecular complexity index is 654. The number of piperidine rings is 1. The highest BCUT2D eigenvalue weighted by Gasteiger charge is 2.29. The van der Waals surface area contributed by atoms with Crippen LogP contribution in [0.25, 0.3) is 0 Å². The van der Waals surface area contributed by atoms with Gasteiger partial charge in [0, 0.05) is 32.8 Å². The molecule has 1 unspecified atom stereocenters. The van der Waals surface area contributed by atoms with Crippen molar-refractivity contribution < 1.29 is 17.9 Å². The van der Waals surface area contributed by atoms with Gasteiger partial charge in [-0.15, -0.1) is 0 Å². The average Bonchev–Trinajstić information content (AvgIpc) is 2.60. The second kappa shape index (κ2) is 8.60. The number of hydrogen-bond acceptors (Lipinski definition) is 4. The molecule has 1 heterocycles. The second-order valence-corrected chi connectivity index (χ2v) is 8.02. The number of methoxy groups -OCH3 is 1. The molecule has 1 aliphatic heterocycles. The van der Waals surface area contributed by atoms with E-state index in [1.54, 1.807) is 25.3 Å². The molecule has 0 saturated carbocycles. The summed E-state index contributed by atoms with van der Waals surface area (Å²) in [6.45, 7) is 3.44. The molecule has 1 aromatic carbocycles. The molecule has 0 aromatic heterocycles. The number of benzene rings is 1. The fourth-order valence-corrected chi connectivity index (χ4v) is 4.50. The Morgan fingerprint density at radius 3 is 2.58 bits per heavy atom. The minimum Gasteiger partial charge on any atom is -0.385 e. The zero-order valence-electron chi connectivity index (χ0n) is 14.3. The van der Waals surface area contributed by atoms with Crippen LogP contribution in [0.5, 0.6) is 0 Å². The highest BCUT2D eigenvalue weighted by Crippen LogP contribution is 2.23. The van der Waals surface area contributed by atoms with Crippen LogP contribution in [0.2, 0.25) is 0 Å². The maximum absolute atomic E-state index is 12.9. The summed E-state index contributed by atoms with van der Waals surface area (Å²) in [6.07, 6.45) is 3.44. The first-order valence-corrected chi connectivity index (χ1v) is 9.80. The standard InChI is InChI=1S/C17H26N2O4S/c1-14(10-13-23-2)18-17(20)15-8-4-5-9-16(15)24(21,22)19-11-6-3-7-12-19/h4-5,8-9,14H,3,6-7,10-13H2,1-2H3,(H,18,20). The van der Waals surface area contributed by atoms with Crippen LogP contribution in [-0.4, -0.2) is 51.5 Å². The fraction of sp³-hybridized carbons (Fsp3) is 0.588. The maximum atomic E-state index is 12.9. The van der Waals surface area contributed by atoms with E-state index >= 15 is 0 Å². The third-order valence-corrected chi connectivity index (χ3v) is 6.15. The number of nitrogens with one attached hydrogen (secondary N) is 1. The summed E-state index contributed by atoms with van der Waals surface area (Å²) in [4.78, 5) is 12.6. The van der Waals surface area contributed by atoms with Crippen molar-refractivity contribution in [3.05, 3.63) is 29.8 Å². The lowest BCUT2D eigenvalue weighted by atomic mass is 10.2. The lowest BCUT2D eigenvalue weighted by molar-refractivity contribution is 0.0926. The summed E-state index contributed by atoms with van der Waals surface area (Å²) in [6, 6.07) is 6.32. The highest BCUT2D eigenvalue weighted by molar-refractivity contribution is 7.89. The molecule has 7 heteroatoms. The number of nitrogens with zero attached hydrogens (tertiary/aromatic N) is 1. The zero-order valence-corrected chi connectivity index (χ0v) is 15.1. The summed E-state index contributed by atoms with van der Waals surface area (Å²) in [7, 11) is -2.04. The fourth-order valence-electron chi connectivity index (χ4n) is 2.79. The van der Waals surface area contributed by atoms with E-state index in [1.807, 2.05) is 6.92 Å². The molecule has 0 radical (unpaired) electrons. The predicted octanol–water partition coefficient (Wildman–Crippen LogP) is 2.02. The van der Waals surface area contributed by atoms with Crippen molar-refractivity contribution in [2.24, 2.45) is 0 Å². The van der Waals surface area contributed by atoms with E-state index in [2.05, 4.69) is 5.32 Å². The smallest absolute Gasteiger partial charge is 0.252 e. The number of carbonyl (C=O) groups excluding carboxylic acids is 1. The molecule has 1 N–H and O–H groups in total. The van der Waals surface area contributed by atoms with Crippen molar-refractivity contribution in [1.29, 1.82) is 0 Å². The number of rotatable bonds is 7. The first-order chi connectivity index (χ1) is 11.5. The third kappa shape index (κ3) is 4.55. The molecule has 6 nitrogen and oxygen atoms in total. The molecular formula is C17H26N2O4S. The number of amides is 1. The van der Waals surface area contributed by atoms with Crippen LogP contribution >= 0.6 is 0 Å². The summed E-state index contributed by atoms with van der Waals surface area (Å²) in [5.74, 6) is -0.366. The van der Waals surface area contributed by atoms with Crippen LogP contribution in [0.4, 0.5) is 0 Å². The van der Waals surface area contributed by atoms with Crippen LogP contribution in [0.1, 0.15) is 43.0 Å². The van der Waals surface area contributed by atoms with Gasteiger partial charge in [-0.1, -0.05) is 18.6 Å². The van der Waals surface area contributed by atoms with Crippen molar-refractivity contribution in [1.82, 2.24) is 9.62 Å². The molecule has 24 heavy (non-hydrogen) atoms. The molecule has 0 spiro atoms. The van der Waals surface area contributed by atoms with E-state index in [0.717, 1.165) is 19.3 Å². The molecular weight excluding hydrogens is 328 g/mol. The van der Waals surface area contributed by atoms with E-state index in [0.29, 0.717) is 26.1 Å². The van der Waals surface area contributed by atoms with E-state index in [4.69, 9.17) is 4.74 Å². The molecule has 1 fully saturated rings. The van der Waals surface area contributed by atoms with Gasteiger partial charge in [0.15, 0.2) is 0 Å². The Labute approximate surface area is 144 Å². The number of carbonyl (C=O) groups is 1. The molecule has 0 aliphatic carbocycles. The first-order valence-electron chi connectivity index (χ1n) is 8.36. The van der Waals surface area contributed by atoms with E-state index < -0.39 is 10.0 Å². The Kier molecular flexibility index (Phi) is 6.77. The Balaban J connectivity index is 2.21. The largest absolute Gasteiger partial charge is 0.385 e. The van der Waals surface area contributed by atoms with Gasteiger partial charge >= 0.3 is 0 Å².